The molecule has 2 rings (SSSR count). The van der Waals surface area contributed by atoms with Crippen LogP contribution in [0.2, 0.25) is 0 Å². The van der Waals surface area contributed by atoms with Crippen LogP contribution in [-0.4, -0.2) is 35.9 Å². The van der Waals surface area contributed by atoms with Crippen molar-refractivity contribution in [1.82, 2.24) is 0 Å². The first-order chi connectivity index (χ1) is 13.3. The van der Waals surface area contributed by atoms with E-state index in [9.17, 15) is 0 Å². The number of ether oxygens (including phenoxy) is 2. The molecule has 0 N–H and O–H groups in total. The number of rotatable bonds is 16. The fourth-order valence-electron chi connectivity index (χ4n) is 4.59. The maximum absolute atomic E-state index is 5.74. The van der Waals surface area contributed by atoms with Crippen molar-refractivity contribution in [1.29, 1.82) is 0 Å². The second-order valence-corrected chi connectivity index (χ2v) is 10.3. The molecule has 27 heavy (non-hydrogen) atoms. The molecule has 0 spiro atoms. The summed E-state index contributed by atoms with van der Waals surface area (Å²) in [6, 6.07) is 0. The Bertz CT molecular complexity index is 305. The van der Waals surface area contributed by atoms with Gasteiger partial charge in [-0.1, -0.05) is 52.4 Å². The molecule has 0 amide bonds. The molecule has 2 fully saturated rings. The lowest BCUT2D eigenvalue weighted by Gasteiger charge is -2.22. The highest BCUT2D eigenvalue weighted by Crippen LogP contribution is 2.31. The molecule has 0 aromatic heterocycles. The standard InChI is InChI=1S/C24H46O2S/c1-3-23(17-9-5-7-13-21-15-11-19-25-21)27-24(4-2)18-10-6-8-14-22-16-12-20-26-22/h21-24H,3-20H2,1-2H3. The van der Waals surface area contributed by atoms with Crippen LogP contribution in [0.4, 0.5) is 0 Å². The molecular formula is C24H46O2S. The average Bonchev–Trinajstić information content (AvgIpc) is 3.39. The van der Waals surface area contributed by atoms with Gasteiger partial charge in [-0.05, 0) is 64.2 Å². The molecule has 0 aliphatic carbocycles. The molecule has 4 atom stereocenters. The number of thioether (sulfide) groups is 1. The summed E-state index contributed by atoms with van der Waals surface area (Å²) in [5.74, 6) is 0. The van der Waals surface area contributed by atoms with Gasteiger partial charge in [-0.2, -0.15) is 11.8 Å². The SMILES string of the molecule is CCC(CCCCCC1CCCO1)SC(CC)CCCCCC1CCCO1. The van der Waals surface area contributed by atoms with Gasteiger partial charge in [0.15, 0.2) is 0 Å². The fraction of sp³-hybridized carbons (Fsp3) is 1.00. The molecule has 2 aliphatic heterocycles. The van der Waals surface area contributed by atoms with E-state index in [2.05, 4.69) is 25.6 Å². The Kier molecular flexibility index (Phi) is 13.2. The Morgan fingerprint density at radius 1 is 0.704 bits per heavy atom. The Morgan fingerprint density at radius 3 is 1.56 bits per heavy atom. The monoisotopic (exact) mass is 398 g/mol. The van der Waals surface area contributed by atoms with Gasteiger partial charge in [0.2, 0.25) is 0 Å². The molecule has 4 unspecified atom stereocenters. The number of hydrogen-bond donors (Lipinski definition) is 0. The molecule has 2 heterocycles. The van der Waals surface area contributed by atoms with Crippen molar-refractivity contribution in [3.63, 3.8) is 0 Å². The second kappa shape index (κ2) is 15.2. The first kappa shape index (κ1) is 23.5. The first-order valence-corrected chi connectivity index (χ1v) is 13.1. The lowest BCUT2D eigenvalue weighted by Crippen LogP contribution is -2.11. The minimum Gasteiger partial charge on any atom is -0.378 e. The molecule has 160 valence electrons. The molecule has 3 heteroatoms. The minimum absolute atomic E-state index is 0.589. The highest BCUT2D eigenvalue weighted by molar-refractivity contribution is 8.00. The molecule has 2 aliphatic rings. The van der Waals surface area contributed by atoms with Crippen LogP contribution in [-0.2, 0) is 9.47 Å². The van der Waals surface area contributed by atoms with Crippen molar-refractivity contribution < 1.29 is 9.47 Å². The van der Waals surface area contributed by atoms with E-state index < -0.39 is 0 Å². The molecule has 0 aromatic carbocycles. The van der Waals surface area contributed by atoms with Crippen LogP contribution in [0.5, 0.6) is 0 Å². The first-order valence-electron chi connectivity index (χ1n) is 12.2. The summed E-state index contributed by atoms with van der Waals surface area (Å²) >= 11 is 2.31. The molecular weight excluding hydrogens is 352 g/mol. The number of unbranched alkanes of at least 4 members (excludes halogenated alkanes) is 4. The van der Waals surface area contributed by atoms with Crippen LogP contribution in [0, 0.1) is 0 Å². The van der Waals surface area contributed by atoms with Crippen LogP contribution in [0.25, 0.3) is 0 Å². The van der Waals surface area contributed by atoms with Gasteiger partial charge < -0.3 is 9.47 Å². The molecule has 2 saturated heterocycles. The molecule has 0 aromatic rings. The molecule has 0 bridgehead atoms. The van der Waals surface area contributed by atoms with Gasteiger partial charge in [-0.15, -0.1) is 0 Å². The van der Waals surface area contributed by atoms with Crippen molar-refractivity contribution in [2.75, 3.05) is 13.2 Å². The van der Waals surface area contributed by atoms with E-state index in [1.165, 1.54) is 103 Å². The van der Waals surface area contributed by atoms with Crippen molar-refractivity contribution >= 4 is 11.8 Å². The zero-order chi connectivity index (χ0) is 19.2. The maximum atomic E-state index is 5.74. The molecule has 0 radical (unpaired) electrons. The predicted octanol–water partition coefficient (Wildman–Crippen LogP) is 7.54. The predicted molar refractivity (Wildman–Crippen MR) is 120 cm³/mol. The van der Waals surface area contributed by atoms with Gasteiger partial charge in [0, 0.05) is 23.7 Å². The van der Waals surface area contributed by atoms with Crippen molar-refractivity contribution in [2.45, 2.75) is 139 Å². The van der Waals surface area contributed by atoms with E-state index in [1.54, 1.807) is 0 Å². The van der Waals surface area contributed by atoms with Crippen molar-refractivity contribution in [2.24, 2.45) is 0 Å². The maximum Gasteiger partial charge on any atom is 0.0576 e. The fourth-order valence-corrected chi connectivity index (χ4v) is 6.13. The van der Waals surface area contributed by atoms with Crippen LogP contribution >= 0.6 is 11.8 Å². The van der Waals surface area contributed by atoms with E-state index in [1.807, 2.05) is 0 Å². The molecule has 0 saturated carbocycles. The normalized spacial score (nSPS) is 25.1. The quantitative estimate of drug-likeness (QED) is 0.250. The van der Waals surface area contributed by atoms with E-state index in [4.69, 9.17) is 9.47 Å². The smallest absolute Gasteiger partial charge is 0.0576 e. The second-order valence-electron chi connectivity index (χ2n) is 8.74. The summed E-state index contributed by atoms with van der Waals surface area (Å²) in [4.78, 5) is 0. The van der Waals surface area contributed by atoms with Gasteiger partial charge in [0.05, 0.1) is 12.2 Å². The summed E-state index contributed by atoms with van der Waals surface area (Å²) in [6.07, 6.45) is 22.8. The van der Waals surface area contributed by atoms with Gasteiger partial charge in [0.25, 0.3) is 0 Å². The summed E-state index contributed by atoms with van der Waals surface area (Å²) in [6.45, 7) is 6.79. The summed E-state index contributed by atoms with van der Waals surface area (Å²) in [7, 11) is 0. The van der Waals surface area contributed by atoms with Gasteiger partial charge >= 0.3 is 0 Å². The van der Waals surface area contributed by atoms with Gasteiger partial charge in [-0.3, -0.25) is 0 Å². The third kappa shape index (κ3) is 10.6. The Hall–Kier alpha value is 0.270. The third-order valence-electron chi connectivity index (χ3n) is 6.45. The average molecular weight is 399 g/mol. The third-order valence-corrected chi connectivity index (χ3v) is 8.36. The van der Waals surface area contributed by atoms with Gasteiger partial charge in [0.1, 0.15) is 0 Å². The largest absolute Gasteiger partial charge is 0.378 e. The summed E-state index contributed by atoms with van der Waals surface area (Å²) < 4.78 is 11.5. The molecule has 2 nitrogen and oxygen atoms in total. The van der Waals surface area contributed by atoms with E-state index in [-0.39, 0.29) is 0 Å². The Balaban J connectivity index is 1.47. The Morgan fingerprint density at radius 2 is 1.19 bits per heavy atom. The zero-order valence-electron chi connectivity index (χ0n) is 18.3. The summed E-state index contributed by atoms with van der Waals surface area (Å²) in [5, 5.41) is 1.76. The number of hydrogen-bond acceptors (Lipinski definition) is 3. The van der Waals surface area contributed by atoms with Crippen LogP contribution in [0.15, 0.2) is 0 Å². The van der Waals surface area contributed by atoms with Crippen molar-refractivity contribution in [3.05, 3.63) is 0 Å². The van der Waals surface area contributed by atoms with E-state index in [0.717, 1.165) is 23.7 Å². The van der Waals surface area contributed by atoms with Crippen molar-refractivity contribution in [3.8, 4) is 0 Å². The minimum atomic E-state index is 0.589. The Labute approximate surface area is 173 Å². The topological polar surface area (TPSA) is 18.5 Å². The highest BCUT2D eigenvalue weighted by atomic mass is 32.2. The van der Waals surface area contributed by atoms with Crippen LogP contribution in [0.3, 0.4) is 0 Å². The summed E-state index contributed by atoms with van der Waals surface area (Å²) in [5.41, 5.74) is 0. The zero-order valence-corrected chi connectivity index (χ0v) is 19.1. The van der Waals surface area contributed by atoms with Gasteiger partial charge in [-0.25, -0.2) is 0 Å². The van der Waals surface area contributed by atoms with Crippen LogP contribution < -0.4 is 0 Å². The lowest BCUT2D eigenvalue weighted by atomic mass is 10.1. The van der Waals surface area contributed by atoms with E-state index in [0.29, 0.717) is 12.2 Å². The lowest BCUT2D eigenvalue weighted by molar-refractivity contribution is 0.102. The van der Waals surface area contributed by atoms with Crippen LogP contribution in [0.1, 0.15) is 117 Å². The van der Waals surface area contributed by atoms with E-state index >= 15 is 0 Å². The highest BCUT2D eigenvalue weighted by Gasteiger charge is 2.17.